The third-order valence-electron chi connectivity index (χ3n) is 2.73. The number of nitrogens with one attached hydrogen (secondary N) is 1. The van der Waals surface area contributed by atoms with Crippen LogP contribution in [0.4, 0.5) is 19.0 Å². The molecule has 124 valence electrons. The Kier molecular flexibility index (Phi) is 5.15. The first kappa shape index (κ1) is 17.5. The molecule has 0 radical (unpaired) electrons. The zero-order chi connectivity index (χ0) is 17.2. The van der Waals surface area contributed by atoms with E-state index in [1.807, 2.05) is 0 Å². The van der Waals surface area contributed by atoms with E-state index in [1.165, 1.54) is 6.33 Å². The number of hydrogen-bond donors (Lipinski definition) is 1. The van der Waals surface area contributed by atoms with E-state index in [2.05, 4.69) is 20.5 Å². The van der Waals surface area contributed by atoms with Crippen LogP contribution in [0.1, 0.15) is 12.5 Å². The molecule has 0 aliphatic rings. The minimum Gasteiger partial charge on any atom is -0.312 e. The molecule has 0 aliphatic heterocycles. The number of aryl methyl sites for hydroxylation is 1. The highest BCUT2D eigenvalue weighted by Gasteiger charge is 2.31. The average molecular weight is 366 g/mol. The van der Waals surface area contributed by atoms with E-state index in [-0.39, 0.29) is 10.8 Å². The summed E-state index contributed by atoms with van der Waals surface area (Å²) < 4.78 is 39.2. The Labute approximate surface area is 138 Å². The van der Waals surface area contributed by atoms with E-state index in [4.69, 9.17) is 11.6 Å². The van der Waals surface area contributed by atoms with Gasteiger partial charge >= 0.3 is 6.18 Å². The standard InChI is InChI=1S/C12H11ClF3N5OS/c1-6(23-11-20-18-5-21(11)2)10(22)19-9-8(13)3-7(4-17-9)12(14,15)16/h3-6H,1-2H3,(H,17,19,22)/t6-/m0/s1. The molecule has 23 heavy (non-hydrogen) atoms. The fourth-order valence-electron chi connectivity index (χ4n) is 1.49. The van der Waals surface area contributed by atoms with Gasteiger partial charge in [-0.25, -0.2) is 4.98 Å². The molecule has 1 atom stereocenters. The second-order valence-corrected chi connectivity index (χ2v) is 6.24. The van der Waals surface area contributed by atoms with Crippen molar-refractivity contribution >= 4 is 35.1 Å². The lowest BCUT2D eigenvalue weighted by molar-refractivity contribution is -0.137. The van der Waals surface area contributed by atoms with Crippen molar-refractivity contribution in [1.29, 1.82) is 0 Å². The molecule has 2 heterocycles. The lowest BCUT2D eigenvalue weighted by Gasteiger charge is -2.13. The van der Waals surface area contributed by atoms with Crippen molar-refractivity contribution in [1.82, 2.24) is 19.7 Å². The topological polar surface area (TPSA) is 72.7 Å². The molecule has 0 spiro atoms. The minimum atomic E-state index is -4.55. The number of carbonyl (C=O) groups excluding carboxylic acids is 1. The summed E-state index contributed by atoms with van der Waals surface area (Å²) in [5.41, 5.74) is -0.984. The number of alkyl halides is 3. The Hall–Kier alpha value is -1.81. The Bertz CT molecular complexity index is 721. The molecule has 1 amide bonds. The van der Waals surface area contributed by atoms with Gasteiger partial charge in [0.1, 0.15) is 6.33 Å². The molecule has 0 fully saturated rings. The summed E-state index contributed by atoms with van der Waals surface area (Å²) in [6, 6.07) is 0.713. The number of rotatable bonds is 4. The number of hydrogen-bond acceptors (Lipinski definition) is 5. The maximum atomic E-state index is 12.5. The molecule has 2 aromatic heterocycles. The van der Waals surface area contributed by atoms with Gasteiger partial charge in [-0.3, -0.25) is 4.79 Å². The fourth-order valence-corrected chi connectivity index (χ4v) is 2.50. The van der Waals surface area contributed by atoms with Gasteiger partial charge in [0.15, 0.2) is 11.0 Å². The van der Waals surface area contributed by atoms with Gasteiger partial charge in [-0.15, -0.1) is 10.2 Å². The van der Waals surface area contributed by atoms with Crippen molar-refractivity contribution < 1.29 is 18.0 Å². The summed E-state index contributed by atoms with van der Waals surface area (Å²) in [7, 11) is 1.72. The summed E-state index contributed by atoms with van der Waals surface area (Å²) in [6.07, 6.45) is -2.45. The second kappa shape index (κ2) is 6.75. The van der Waals surface area contributed by atoms with E-state index >= 15 is 0 Å². The Balaban J connectivity index is 2.06. The first-order valence-electron chi connectivity index (χ1n) is 6.22. The molecular formula is C12H11ClF3N5OS. The normalized spacial score (nSPS) is 13.0. The maximum Gasteiger partial charge on any atom is 0.417 e. The van der Waals surface area contributed by atoms with Crippen LogP contribution in [-0.4, -0.2) is 30.9 Å². The Morgan fingerprint density at radius 1 is 1.48 bits per heavy atom. The largest absolute Gasteiger partial charge is 0.417 e. The zero-order valence-electron chi connectivity index (χ0n) is 11.9. The maximum absolute atomic E-state index is 12.5. The molecule has 2 rings (SSSR count). The highest BCUT2D eigenvalue weighted by Crippen LogP contribution is 2.32. The van der Waals surface area contributed by atoms with Crippen LogP contribution in [0.15, 0.2) is 23.7 Å². The van der Waals surface area contributed by atoms with Gasteiger partial charge < -0.3 is 9.88 Å². The third-order valence-corrected chi connectivity index (χ3v) is 4.17. The van der Waals surface area contributed by atoms with Crippen LogP contribution < -0.4 is 5.32 Å². The summed E-state index contributed by atoms with van der Waals surface area (Å²) in [5, 5.41) is 9.58. The van der Waals surface area contributed by atoms with Crippen molar-refractivity contribution in [3.63, 3.8) is 0 Å². The summed E-state index contributed by atoms with van der Waals surface area (Å²) >= 11 is 6.89. The molecule has 0 unspecified atom stereocenters. The van der Waals surface area contributed by atoms with Crippen LogP contribution in [0.5, 0.6) is 0 Å². The van der Waals surface area contributed by atoms with Crippen molar-refractivity contribution in [3.8, 4) is 0 Å². The third kappa shape index (κ3) is 4.35. The highest BCUT2D eigenvalue weighted by atomic mass is 35.5. The molecule has 6 nitrogen and oxygen atoms in total. The SMILES string of the molecule is C[C@H](Sc1nncn1C)C(=O)Nc1ncc(C(F)(F)F)cc1Cl. The van der Waals surface area contributed by atoms with Gasteiger partial charge in [-0.1, -0.05) is 23.4 Å². The molecule has 0 saturated carbocycles. The van der Waals surface area contributed by atoms with Crippen LogP contribution in [0.2, 0.25) is 5.02 Å². The number of carbonyl (C=O) groups is 1. The lowest BCUT2D eigenvalue weighted by Crippen LogP contribution is -2.23. The van der Waals surface area contributed by atoms with Gasteiger partial charge in [-0.05, 0) is 13.0 Å². The van der Waals surface area contributed by atoms with Crippen molar-refractivity contribution in [2.45, 2.75) is 23.5 Å². The van der Waals surface area contributed by atoms with Gasteiger partial charge in [-0.2, -0.15) is 13.2 Å². The van der Waals surface area contributed by atoms with Gasteiger partial charge in [0.2, 0.25) is 5.91 Å². The summed E-state index contributed by atoms with van der Waals surface area (Å²) in [6.45, 7) is 1.62. The van der Waals surface area contributed by atoms with E-state index in [0.29, 0.717) is 17.4 Å². The molecule has 11 heteroatoms. The smallest absolute Gasteiger partial charge is 0.312 e. The molecule has 0 aromatic carbocycles. The Morgan fingerprint density at radius 3 is 2.70 bits per heavy atom. The van der Waals surface area contributed by atoms with Crippen molar-refractivity contribution in [3.05, 3.63) is 29.2 Å². The molecule has 2 aromatic rings. The van der Waals surface area contributed by atoms with Crippen molar-refractivity contribution in [2.75, 3.05) is 5.32 Å². The van der Waals surface area contributed by atoms with Crippen molar-refractivity contribution in [2.24, 2.45) is 7.05 Å². The van der Waals surface area contributed by atoms with E-state index in [1.54, 1.807) is 18.5 Å². The number of thioether (sulfide) groups is 1. The predicted octanol–water partition coefficient (Wildman–Crippen LogP) is 3.00. The van der Waals surface area contributed by atoms with Crippen LogP contribution >= 0.6 is 23.4 Å². The first-order valence-corrected chi connectivity index (χ1v) is 7.48. The van der Waals surface area contributed by atoms with E-state index in [0.717, 1.165) is 11.8 Å². The van der Waals surface area contributed by atoms with Crippen LogP contribution in [-0.2, 0) is 18.0 Å². The number of halogens is 4. The number of aromatic nitrogens is 4. The fraction of sp³-hybridized carbons (Fsp3) is 0.333. The first-order chi connectivity index (χ1) is 10.7. The monoisotopic (exact) mass is 365 g/mol. The lowest BCUT2D eigenvalue weighted by atomic mass is 10.2. The summed E-state index contributed by atoms with van der Waals surface area (Å²) in [5.74, 6) is -0.595. The molecule has 0 aliphatic carbocycles. The minimum absolute atomic E-state index is 0.130. The van der Waals surface area contributed by atoms with Crippen LogP contribution in [0.25, 0.3) is 0 Å². The number of pyridine rings is 1. The number of nitrogens with zero attached hydrogens (tertiary/aromatic N) is 4. The van der Waals surface area contributed by atoms with Crippen LogP contribution in [0.3, 0.4) is 0 Å². The molecule has 1 N–H and O–H groups in total. The van der Waals surface area contributed by atoms with E-state index in [9.17, 15) is 18.0 Å². The number of amides is 1. The summed E-state index contributed by atoms with van der Waals surface area (Å²) in [4.78, 5) is 15.6. The number of anilines is 1. The van der Waals surface area contributed by atoms with Gasteiger partial charge in [0, 0.05) is 13.2 Å². The Morgan fingerprint density at radius 2 is 2.17 bits per heavy atom. The zero-order valence-corrected chi connectivity index (χ0v) is 13.5. The molecular weight excluding hydrogens is 355 g/mol. The average Bonchev–Trinajstić information content (AvgIpc) is 2.85. The second-order valence-electron chi connectivity index (χ2n) is 4.53. The van der Waals surface area contributed by atoms with E-state index < -0.39 is 22.9 Å². The molecule has 0 bridgehead atoms. The van der Waals surface area contributed by atoms with Crippen LogP contribution in [0, 0.1) is 0 Å². The molecule has 0 saturated heterocycles. The predicted molar refractivity (Wildman–Crippen MR) is 79.2 cm³/mol. The highest BCUT2D eigenvalue weighted by molar-refractivity contribution is 8.00. The quantitative estimate of drug-likeness (QED) is 0.843. The van der Waals surface area contributed by atoms with Gasteiger partial charge in [0.05, 0.1) is 15.8 Å². The van der Waals surface area contributed by atoms with Gasteiger partial charge in [0.25, 0.3) is 0 Å².